The summed E-state index contributed by atoms with van der Waals surface area (Å²) in [7, 11) is 0. The minimum absolute atomic E-state index is 0.101. The zero-order chi connectivity index (χ0) is 12.1. The number of aromatic nitrogens is 2. The third kappa shape index (κ3) is 2.68. The van der Waals surface area contributed by atoms with E-state index in [2.05, 4.69) is 16.9 Å². The van der Waals surface area contributed by atoms with Gasteiger partial charge in [-0.2, -0.15) is 0 Å². The zero-order valence-corrected chi connectivity index (χ0v) is 9.95. The number of hydrogen-bond acceptors (Lipinski definition) is 3. The summed E-state index contributed by atoms with van der Waals surface area (Å²) in [6.07, 6.45) is 4.54. The molecule has 0 aliphatic rings. The van der Waals surface area contributed by atoms with E-state index in [1.807, 2.05) is 42.6 Å². The van der Waals surface area contributed by atoms with Crippen molar-refractivity contribution in [1.82, 2.24) is 9.97 Å². The highest BCUT2D eigenvalue weighted by atomic mass is 14.8. The molecule has 3 heteroatoms. The lowest BCUT2D eigenvalue weighted by Crippen LogP contribution is -2.21. The minimum Gasteiger partial charge on any atom is -0.322 e. The molecule has 88 valence electrons. The summed E-state index contributed by atoms with van der Waals surface area (Å²) in [6, 6.07) is 11.7. The van der Waals surface area contributed by atoms with Gasteiger partial charge in [0.2, 0.25) is 0 Å². The van der Waals surface area contributed by atoms with Gasteiger partial charge in [0.15, 0.2) is 0 Å². The van der Waals surface area contributed by atoms with Crippen LogP contribution < -0.4 is 5.73 Å². The van der Waals surface area contributed by atoms with Gasteiger partial charge in [0.1, 0.15) is 0 Å². The summed E-state index contributed by atoms with van der Waals surface area (Å²) < 4.78 is 0. The zero-order valence-electron chi connectivity index (χ0n) is 9.95. The topological polar surface area (TPSA) is 51.8 Å². The Bertz CT molecular complexity index is 442. The van der Waals surface area contributed by atoms with Crippen molar-refractivity contribution in [3.05, 3.63) is 60.2 Å². The van der Waals surface area contributed by atoms with Crippen LogP contribution in [0.15, 0.2) is 48.8 Å². The van der Waals surface area contributed by atoms with Crippen molar-refractivity contribution in [2.24, 2.45) is 5.73 Å². The molecular formula is C14H17N3. The van der Waals surface area contributed by atoms with Crippen molar-refractivity contribution in [2.45, 2.75) is 25.3 Å². The van der Waals surface area contributed by atoms with Crippen LogP contribution in [0, 0.1) is 0 Å². The molecule has 2 unspecified atom stereocenters. The van der Waals surface area contributed by atoms with E-state index in [-0.39, 0.29) is 12.0 Å². The Kier molecular flexibility index (Phi) is 3.83. The third-order valence-corrected chi connectivity index (χ3v) is 2.97. The maximum Gasteiger partial charge on any atom is 0.0577 e. The molecule has 0 saturated heterocycles. The highest BCUT2D eigenvalue weighted by molar-refractivity contribution is 5.18. The molecule has 2 N–H and O–H groups in total. The van der Waals surface area contributed by atoms with E-state index >= 15 is 0 Å². The Hall–Kier alpha value is -1.74. The predicted octanol–water partition coefficient (Wildman–Crippen LogP) is 2.67. The van der Waals surface area contributed by atoms with Gasteiger partial charge in [0.25, 0.3) is 0 Å². The van der Waals surface area contributed by atoms with Crippen molar-refractivity contribution >= 4 is 0 Å². The molecule has 2 rings (SSSR count). The van der Waals surface area contributed by atoms with E-state index in [0.29, 0.717) is 0 Å². The fourth-order valence-corrected chi connectivity index (χ4v) is 2.02. The second-order valence-corrected chi connectivity index (χ2v) is 4.05. The number of rotatable bonds is 4. The van der Waals surface area contributed by atoms with E-state index < -0.39 is 0 Å². The normalized spacial score (nSPS) is 14.2. The maximum absolute atomic E-state index is 6.28. The molecule has 0 fully saturated rings. The second kappa shape index (κ2) is 5.55. The standard InChI is InChI=1S/C14H17N3/c1-2-11(12-7-3-5-9-16-12)14(15)13-8-4-6-10-17-13/h3-11,14H,2,15H2,1H3. The van der Waals surface area contributed by atoms with Crippen LogP contribution in [0.3, 0.4) is 0 Å². The van der Waals surface area contributed by atoms with Crippen LogP contribution in [-0.2, 0) is 0 Å². The van der Waals surface area contributed by atoms with Crippen LogP contribution in [-0.4, -0.2) is 9.97 Å². The number of hydrogen-bond donors (Lipinski definition) is 1. The molecule has 0 aliphatic heterocycles. The van der Waals surface area contributed by atoms with Gasteiger partial charge in [-0.05, 0) is 30.7 Å². The van der Waals surface area contributed by atoms with Crippen LogP contribution in [0.25, 0.3) is 0 Å². The molecule has 0 radical (unpaired) electrons. The molecule has 2 heterocycles. The fraction of sp³-hybridized carbons (Fsp3) is 0.286. The first-order chi connectivity index (χ1) is 8.33. The fourth-order valence-electron chi connectivity index (χ4n) is 2.02. The van der Waals surface area contributed by atoms with Gasteiger partial charge in [0.05, 0.1) is 11.7 Å². The smallest absolute Gasteiger partial charge is 0.0577 e. The van der Waals surface area contributed by atoms with Crippen molar-refractivity contribution in [1.29, 1.82) is 0 Å². The summed E-state index contributed by atoms with van der Waals surface area (Å²) >= 11 is 0. The Balaban J connectivity index is 2.25. The highest BCUT2D eigenvalue weighted by Gasteiger charge is 2.21. The molecule has 0 amide bonds. The van der Waals surface area contributed by atoms with Gasteiger partial charge >= 0.3 is 0 Å². The van der Waals surface area contributed by atoms with Crippen molar-refractivity contribution in [2.75, 3.05) is 0 Å². The lowest BCUT2D eigenvalue weighted by molar-refractivity contribution is 0.516. The van der Waals surface area contributed by atoms with E-state index in [9.17, 15) is 0 Å². The maximum atomic E-state index is 6.28. The summed E-state index contributed by atoms with van der Waals surface area (Å²) in [5.74, 6) is 0.214. The van der Waals surface area contributed by atoms with Gasteiger partial charge < -0.3 is 5.73 Å². The molecular weight excluding hydrogens is 210 g/mol. The van der Waals surface area contributed by atoms with Gasteiger partial charge in [0, 0.05) is 24.0 Å². The van der Waals surface area contributed by atoms with Crippen LogP contribution in [0.1, 0.15) is 36.7 Å². The van der Waals surface area contributed by atoms with Crippen molar-refractivity contribution in [3.8, 4) is 0 Å². The van der Waals surface area contributed by atoms with E-state index in [1.165, 1.54) is 0 Å². The van der Waals surface area contributed by atoms with Gasteiger partial charge in [-0.25, -0.2) is 0 Å². The average molecular weight is 227 g/mol. The molecule has 3 nitrogen and oxygen atoms in total. The quantitative estimate of drug-likeness (QED) is 0.873. The number of nitrogens with two attached hydrogens (primary N) is 1. The van der Waals surface area contributed by atoms with Crippen LogP contribution in [0.2, 0.25) is 0 Å². The molecule has 0 aromatic carbocycles. The third-order valence-electron chi connectivity index (χ3n) is 2.97. The molecule has 2 atom stereocenters. The molecule has 2 aromatic heterocycles. The molecule has 2 aromatic rings. The Morgan fingerprint density at radius 2 is 1.59 bits per heavy atom. The highest BCUT2D eigenvalue weighted by Crippen LogP contribution is 2.29. The molecule has 0 aliphatic carbocycles. The van der Waals surface area contributed by atoms with Crippen LogP contribution in [0.4, 0.5) is 0 Å². The Morgan fingerprint density at radius 1 is 1.00 bits per heavy atom. The SMILES string of the molecule is CCC(c1ccccn1)C(N)c1ccccn1. The van der Waals surface area contributed by atoms with Crippen LogP contribution in [0.5, 0.6) is 0 Å². The van der Waals surface area contributed by atoms with Gasteiger partial charge in [-0.15, -0.1) is 0 Å². The largest absolute Gasteiger partial charge is 0.322 e. The lowest BCUT2D eigenvalue weighted by atomic mass is 9.91. The summed E-state index contributed by atoms with van der Waals surface area (Å²) in [5.41, 5.74) is 8.24. The average Bonchev–Trinajstić information content (AvgIpc) is 2.42. The van der Waals surface area contributed by atoms with Crippen molar-refractivity contribution < 1.29 is 0 Å². The predicted molar refractivity (Wildman–Crippen MR) is 68.4 cm³/mol. The number of nitrogens with zero attached hydrogens (tertiary/aromatic N) is 2. The first-order valence-electron chi connectivity index (χ1n) is 5.90. The Morgan fingerprint density at radius 3 is 2.06 bits per heavy atom. The van der Waals surface area contributed by atoms with Crippen molar-refractivity contribution in [3.63, 3.8) is 0 Å². The summed E-state index contributed by atoms with van der Waals surface area (Å²) in [6.45, 7) is 2.13. The number of pyridine rings is 2. The lowest BCUT2D eigenvalue weighted by Gasteiger charge is -2.21. The first kappa shape index (κ1) is 11.7. The van der Waals surface area contributed by atoms with E-state index in [1.54, 1.807) is 6.20 Å². The molecule has 17 heavy (non-hydrogen) atoms. The minimum atomic E-state index is -0.101. The second-order valence-electron chi connectivity index (χ2n) is 4.05. The molecule has 0 saturated carbocycles. The molecule has 0 bridgehead atoms. The first-order valence-corrected chi connectivity index (χ1v) is 5.90. The van der Waals surface area contributed by atoms with Gasteiger partial charge in [-0.3, -0.25) is 9.97 Å². The summed E-state index contributed by atoms with van der Waals surface area (Å²) in [5, 5.41) is 0. The van der Waals surface area contributed by atoms with E-state index in [0.717, 1.165) is 17.8 Å². The van der Waals surface area contributed by atoms with Gasteiger partial charge in [-0.1, -0.05) is 19.1 Å². The Labute approximate surface area is 102 Å². The molecule has 0 spiro atoms. The van der Waals surface area contributed by atoms with Crippen LogP contribution >= 0.6 is 0 Å². The monoisotopic (exact) mass is 227 g/mol. The summed E-state index contributed by atoms with van der Waals surface area (Å²) in [4.78, 5) is 8.71. The van der Waals surface area contributed by atoms with E-state index in [4.69, 9.17) is 5.73 Å².